The summed E-state index contributed by atoms with van der Waals surface area (Å²) in [5, 5.41) is 17.9. The van der Waals surface area contributed by atoms with Crippen LogP contribution in [0.25, 0.3) is 0 Å². The lowest BCUT2D eigenvalue weighted by atomic mass is 9.91. The Morgan fingerprint density at radius 2 is 1.87 bits per heavy atom. The number of rotatable bonds is 5. The molecule has 0 bridgehead atoms. The van der Waals surface area contributed by atoms with Crippen molar-refractivity contribution < 1.29 is 10.2 Å². The predicted octanol–water partition coefficient (Wildman–Crippen LogP) is 1.60. The number of hydrogen-bond donors (Lipinski definition) is 3. The van der Waals surface area contributed by atoms with Gasteiger partial charge in [0.25, 0.3) is 0 Å². The summed E-state index contributed by atoms with van der Waals surface area (Å²) in [5.41, 5.74) is 7.12. The summed E-state index contributed by atoms with van der Waals surface area (Å²) in [5.74, 6) is 0.520. The van der Waals surface area contributed by atoms with Gasteiger partial charge in [0.2, 0.25) is 0 Å². The summed E-state index contributed by atoms with van der Waals surface area (Å²) in [7, 11) is 0. The Morgan fingerprint density at radius 1 is 1.27 bits per heavy atom. The zero-order valence-electron chi connectivity index (χ0n) is 9.06. The summed E-state index contributed by atoms with van der Waals surface area (Å²) in [6, 6.07) is 7.17. The first-order valence-corrected chi connectivity index (χ1v) is 5.30. The molecule has 0 saturated heterocycles. The first kappa shape index (κ1) is 12.0. The van der Waals surface area contributed by atoms with Crippen molar-refractivity contribution in [2.45, 2.75) is 31.7 Å². The Bertz CT molecular complexity index is 284. The van der Waals surface area contributed by atoms with E-state index in [1.807, 2.05) is 12.1 Å². The molecule has 4 N–H and O–H groups in total. The van der Waals surface area contributed by atoms with Crippen LogP contribution in [0.5, 0.6) is 5.75 Å². The number of hydrogen-bond acceptors (Lipinski definition) is 3. The van der Waals surface area contributed by atoms with Crippen molar-refractivity contribution in [3.63, 3.8) is 0 Å². The number of aromatic hydroxyl groups is 1. The van der Waals surface area contributed by atoms with Crippen LogP contribution in [0, 0.1) is 0 Å². The molecular weight excluding hydrogens is 190 g/mol. The van der Waals surface area contributed by atoms with E-state index in [1.54, 1.807) is 12.1 Å². The molecule has 1 aromatic carbocycles. The minimum Gasteiger partial charge on any atom is -0.508 e. The third-order valence-corrected chi connectivity index (χ3v) is 2.76. The monoisotopic (exact) mass is 209 g/mol. The quantitative estimate of drug-likeness (QED) is 0.690. The van der Waals surface area contributed by atoms with Gasteiger partial charge in [0, 0.05) is 12.6 Å². The number of benzene rings is 1. The molecule has 0 aliphatic carbocycles. The van der Waals surface area contributed by atoms with E-state index in [0.717, 1.165) is 18.4 Å². The molecule has 84 valence electrons. The number of aliphatic hydroxyl groups is 1. The summed E-state index contributed by atoms with van der Waals surface area (Å²) in [6.45, 7) is 2.25. The lowest BCUT2D eigenvalue weighted by Gasteiger charge is -2.19. The summed E-state index contributed by atoms with van der Waals surface area (Å²) >= 11 is 0. The fourth-order valence-electron chi connectivity index (χ4n) is 1.60. The zero-order valence-corrected chi connectivity index (χ0v) is 9.06. The van der Waals surface area contributed by atoms with E-state index in [4.69, 9.17) is 15.9 Å². The summed E-state index contributed by atoms with van der Waals surface area (Å²) in [4.78, 5) is 0. The van der Waals surface area contributed by atoms with Gasteiger partial charge in [-0.15, -0.1) is 0 Å². The van der Waals surface area contributed by atoms with Crippen LogP contribution in [0.2, 0.25) is 0 Å². The molecule has 0 radical (unpaired) electrons. The van der Waals surface area contributed by atoms with Crippen molar-refractivity contribution in [1.82, 2.24) is 0 Å². The van der Waals surface area contributed by atoms with Crippen LogP contribution in [0.3, 0.4) is 0 Å². The Balaban J connectivity index is 2.59. The molecule has 1 aromatic rings. The van der Waals surface area contributed by atoms with Crippen molar-refractivity contribution in [3.8, 4) is 5.75 Å². The molecule has 0 aliphatic heterocycles. The second-order valence-electron chi connectivity index (χ2n) is 3.91. The minimum absolute atomic E-state index is 0.0571. The van der Waals surface area contributed by atoms with Gasteiger partial charge in [0.15, 0.2) is 0 Å². The highest BCUT2D eigenvalue weighted by molar-refractivity contribution is 5.28. The number of phenols is 1. The second kappa shape index (κ2) is 5.73. The molecule has 0 aliphatic rings. The third-order valence-electron chi connectivity index (χ3n) is 2.76. The standard InChI is InChI=1S/C12H19NO2/c1-9(12(13)3-2-8-14)10-4-6-11(15)7-5-10/h4-7,9,12,14-15H,2-3,8,13H2,1H3. The van der Waals surface area contributed by atoms with Crippen LogP contribution < -0.4 is 5.73 Å². The van der Waals surface area contributed by atoms with Crippen LogP contribution in [0.4, 0.5) is 0 Å². The van der Waals surface area contributed by atoms with Gasteiger partial charge in [-0.25, -0.2) is 0 Å². The largest absolute Gasteiger partial charge is 0.508 e. The van der Waals surface area contributed by atoms with E-state index in [1.165, 1.54) is 0 Å². The van der Waals surface area contributed by atoms with Crippen LogP contribution in [-0.2, 0) is 0 Å². The molecule has 0 saturated carbocycles. The van der Waals surface area contributed by atoms with Gasteiger partial charge in [-0.1, -0.05) is 19.1 Å². The maximum absolute atomic E-state index is 9.15. The molecule has 3 nitrogen and oxygen atoms in total. The molecule has 2 atom stereocenters. The van der Waals surface area contributed by atoms with Gasteiger partial charge in [-0.2, -0.15) is 0 Å². The lowest BCUT2D eigenvalue weighted by molar-refractivity contribution is 0.277. The highest BCUT2D eigenvalue weighted by atomic mass is 16.3. The van der Waals surface area contributed by atoms with Crippen LogP contribution >= 0.6 is 0 Å². The Hall–Kier alpha value is -1.06. The van der Waals surface area contributed by atoms with Crippen LogP contribution in [-0.4, -0.2) is 22.9 Å². The van der Waals surface area contributed by atoms with Crippen LogP contribution in [0.15, 0.2) is 24.3 Å². The Kier molecular flexibility index (Phi) is 4.59. The molecule has 2 unspecified atom stereocenters. The molecule has 0 amide bonds. The summed E-state index contributed by atoms with van der Waals surface area (Å²) in [6.07, 6.45) is 1.56. The molecule has 0 aromatic heterocycles. The average Bonchev–Trinajstić information content (AvgIpc) is 2.26. The number of nitrogens with two attached hydrogens (primary N) is 1. The smallest absolute Gasteiger partial charge is 0.115 e. The summed E-state index contributed by atoms with van der Waals surface area (Å²) < 4.78 is 0. The highest BCUT2D eigenvalue weighted by Gasteiger charge is 2.14. The fourth-order valence-corrected chi connectivity index (χ4v) is 1.60. The van der Waals surface area contributed by atoms with E-state index >= 15 is 0 Å². The first-order valence-electron chi connectivity index (χ1n) is 5.30. The number of aliphatic hydroxyl groups excluding tert-OH is 1. The van der Waals surface area contributed by atoms with Gasteiger partial charge in [0.05, 0.1) is 0 Å². The molecular formula is C12H19NO2. The van der Waals surface area contributed by atoms with Crippen molar-refractivity contribution in [2.24, 2.45) is 5.73 Å². The predicted molar refractivity (Wildman–Crippen MR) is 60.8 cm³/mol. The third kappa shape index (κ3) is 3.53. The maximum Gasteiger partial charge on any atom is 0.115 e. The first-order chi connectivity index (χ1) is 7.15. The average molecular weight is 209 g/mol. The Morgan fingerprint density at radius 3 is 2.40 bits per heavy atom. The second-order valence-corrected chi connectivity index (χ2v) is 3.91. The van der Waals surface area contributed by atoms with E-state index in [0.29, 0.717) is 0 Å². The van der Waals surface area contributed by atoms with Gasteiger partial charge in [0.1, 0.15) is 5.75 Å². The van der Waals surface area contributed by atoms with Gasteiger partial charge < -0.3 is 15.9 Å². The molecule has 1 rings (SSSR count). The van der Waals surface area contributed by atoms with Crippen molar-refractivity contribution in [1.29, 1.82) is 0 Å². The molecule has 0 fully saturated rings. The maximum atomic E-state index is 9.15. The van der Waals surface area contributed by atoms with Gasteiger partial charge >= 0.3 is 0 Å². The van der Waals surface area contributed by atoms with E-state index in [-0.39, 0.29) is 24.3 Å². The SMILES string of the molecule is CC(c1ccc(O)cc1)C(N)CCCO. The molecule has 3 heteroatoms. The normalized spacial score (nSPS) is 14.9. The molecule has 0 heterocycles. The Labute approximate surface area is 90.5 Å². The van der Waals surface area contributed by atoms with Crippen molar-refractivity contribution in [2.75, 3.05) is 6.61 Å². The van der Waals surface area contributed by atoms with Crippen LogP contribution in [0.1, 0.15) is 31.2 Å². The lowest BCUT2D eigenvalue weighted by Crippen LogP contribution is -2.26. The highest BCUT2D eigenvalue weighted by Crippen LogP contribution is 2.22. The number of phenolic OH excluding ortho intramolecular Hbond substituents is 1. The molecule has 0 spiro atoms. The van der Waals surface area contributed by atoms with E-state index in [9.17, 15) is 0 Å². The van der Waals surface area contributed by atoms with Gasteiger partial charge in [-0.05, 0) is 36.5 Å². The zero-order chi connectivity index (χ0) is 11.3. The van der Waals surface area contributed by atoms with E-state index in [2.05, 4.69) is 6.92 Å². The van der Waals surface area contributed by atoms with Crippen molar-refractivity contribution in [3.05, 3.63) is 29.8 Å². The molecule has 15 heavy (non-hydrogen) atoms. The van der Waals surface area contributed by atoms with Crippen molar-refractivity contribution >= 4 is 0 Å². The van der Waals surface area contributed by atoms with E-state index < -0.39 is 0 Å². The fraction of sp³-hybridized carbons (Fsp3) is 0.500. The minimum atomic E-state index is 0.0571. The van der Waals surface area contributed by atoms with Gasteiger partial charge in [-0.3, -0.25) is 0 Å². The topological polar surface area (TPSA) is 66.5 Å².